The first-order chi connectivity index (χ1) is 14.7. The van der Waals surface area contributed by atoms with Gasteiger partial charge in [0.1, 0.15) is 23.0 Å². The van der Waals surface area contributed by atoms with Gasteiger partial charge in [-0.15, -0.1) is 15.0 Å². The van der Waals surface area contributed by atoms with E-state index in [-0.39, 0.29) is 23.1 Å². The monoisotopic (exact) mass is 428 g/mol. The van der Waals surface area contributed by atoms with Gasteiger partial charge in [-0.25, -0.2) is 13.9 Å². The normalized spacial score (nSPS) is 10.4. The molecule has 31 heavy (non-hydrogen) atoms. The molecular weight excluding hydrogens is 410 g/mol. The van der Waals surface area contributed by atoms with Crippen molar-refractivity contribution in [2.75, 3.05) is 0 Å². The van der Waals surface area contributed by atoms with Crippen LogP contribution in [0.15, 0.2) is 53.3 Å². The summed E-state index contributed by atoms with van der Waals surface area (Å²) in [5.74, 6) is -0.959. The minimum Gasteiger partial charge on any atom is -0.404 e. The molecule has 11 heteroatoms. The lowest BCUT2D eigenvalue weighted by Crippen LogP contribution is -2.05. The minimum atomic E-state index is -0.459. The fourth-order valence-electron chi connectivity index (χ4n) is 2.39. The van der Waals surface area contributed by atoms with Crippen LogP contribution in [0.25, 0.3) is 11.4 Å². The summed E-state index contributed by atoms with van der Waals surface area (Å²) >= 11 is 0. The average molecular weight is 428 g/mol. The largest absolute Gasteiger partial charge is 0.404 e. The van der Waals surface area contributed by atoms with Crippen molar-refractivity contribution < 1.29 is 18.3 Å². The Bertz CT molecular complexity index is 1240. The van der Waals surface area contributed by atoms with Gasteiger partial charge in [-0.1, -0.05) is 0 Å². The van der Waals surface area contributed by atoms with Crippen LogP contribution in [0.2, 0.25) is 0 Å². The molecule has 4 aromatic rings. The third-order valence-electron chi connectivity index (χ3n) is 3.89. The van der Waals surface area contributed by atoms with Crippen LogP contribution in [0.4, 0.5) is 8.78 Å². The molecule has 0 radical (unpaired) electrons. The number of aromatic amines is 1. The van der Waals surface area contributed by atoms with Crippen LogP contribution in [-0.2, 0) is 4.79 Å². The zero-order chi connectivity index (χ0) is 22.5. The number of halogens is 2. The molecule has 0 fully saturated rings. The number of benzene rings is 2. The van der Waals surface area contributed by atoms with Crippen molar-refractivity contribution >= 4 is 5.97 Å². The zero-order valence-corrected chi connectivity index (χ0v) is 16.8. The third-order valence-corrected chi connectivity index (χ3v) is 3.89. The van der Waals surface area contributed by atoms with Crippen LogP contribution in [0.1, 0.15) is 18.3 Å². The number of hydrogen-bond acceptors (Lipinski definition) is 6. The van der Waals surface area contributed by atoms with Gasteiger partial charge < -0.3 is 4.74 Å². The summed E-state index contributed by atoms with van der Waals surface area (Å²) in [5, 5.41) is 14.5. The highest BCUT2D eigenvalue weighted by Crippen LogP contribution is 2.15. The van der Waals surface area contributed by atoms with Crippen LogP contribution in [0.5, 0.6) is 5.88 Å². The molecule has 0 aliphatic heterocycles. The lowest BCUT2D eigenvalue weighted by atomic mass is 10.3. The second-order valence-electron chi connectivity index (χ2n) is 6.36. The Morgan fingerprint density at radius 1 is 0.871 bits per heavy atom. The molecular formula is C20H18F2N6O3. The van der Waals surface area contributed by atoms with Crippen molar-refractivity contribution in [3.05, 3.63) is 81.9 Å². The maximum Gasteiger partial charge on any atom is 0.309 e. The second kappa shape index (κ2) is 9.11. The lowest BCUT2D eigenvalue weighted by Gasteiger charge is -1.98. The quantitative estimate of drug-likeness (QED) is 0.503. The number of H-pyrrole nitrogens is 1. The summed E-state index contributed by atoms with van der Waals surface area (Å²) in [6.45, 7) is 4.57. The van der Waals surface area contributed by atoms with E-state index in [1.807, 2.05) is 0 Å². The summed E-state index contributed by atoms with van der Waals surface area (Å²) in [4.78, 5) is 24.5. The highest BCUT2D eigenvalue weighted by Gasteiger charge is 2.11. The summed E-state index contributed by atoms with van der Waals surface area (Å²) in [6.07, 6.45) is 0. The molecule has 9 nitrogen and oxygen atoms in total. The van der Waals surface area contributed by atoms with Crippen molar-refractivity contribution in [1.82, 2.24) is 30.0 Å². The average Bonchev–Trinajstić information content (AvgIpc) is 3.25. The first-order valence-corrected chi connectivity index (χ1v) is 9.03. The summed E-state index contributed by atoms with van der Waals surface area (Å²) in [7, 11) is 0. The van der Waals surface area contributed by atoms with Gasteiger partial charge in [-0.2, -0.15) is 9.90 Å². The number of aryl methyl sites for hydroxylation is 2. The van der Waals surface area contributed by atoms with E-state index in [4.69, 9.17) is 4.74 Å². The standard InChI is InChI=1S/C11H10FN3O2.C9H8FN3O/c1-7-11(17-8(2)16)14-15(13-7)10-5-3-9(12)4-6-10;1-6-9(14)12-13(11-6)8-4-2-7(10)3-5-8/h3-6H,1-2H3;2-5H,1H3,(H,12,14). The van der Waals surface area contributed by atoms with Crippen LogP contribution in [0, 0.1) is 25.5 Å². The van der Waals surface area contributed by atoms with Gasteiger partial charge in [0.15, 0.2) is 0 Å². The molecule has 0 atom stereocenters. The van der Waals surface area contributed by atoms with Gasteiger partial charge in [-0.3, -0.25) is 9.59 Å². The molecule has 4 rings (SSSR count). The molecule has 0 aliphatic rings. The minimum absolute atomic E-state index is 0.154. The second-order valence-corrected chi connectivity index (χ2v) is 6.36. The van der Waals surface area contributed by atoms with E-state index in [0.717, 1.165) is 0 Å². The summed E-state index contributed by atoms with van der Waals surface area (Å²) in [6, 6.07) is 11.4. The number of aromatic nitrogens is 6. The predicted molar refractivity (Wildman–Crippen MR) is 106 cm³/mol. The number of rotatable bonds is 3. The van der Waals surface area contributed by atoms with E-state index in [1.165, 1.54) is 65.0 Å². The van der Waals surface area contributed by atoms with E-state index < -0.39 is 5.97 Å². The lowest BCUT2D eigenvalue weighted by molar-refractivity contribution is -0.132. The van der Waals surface area contributed by atoms with Crippen molar-refractivity contribution in [3.8, 4) is 17.3 Å². The van der Waals surface area contributed by atoms with Gasteiger partial charge >= 0.3 is 5.97 Å². The fraction of sp³-hybridized carbons (Fsp3) is 0.150. The van der Waals surface area contributed by atoms with Gasteiger partial charge in [0, 0.05) is 6.92 Å². The zero-order valence-electron chi connectivity index (χ0n) is 16.8. The number of ether oxygens (including phenoxy) is 1. The maximum absolute atomic E-state index is 12.7. The number of esters is 1. The predicted octanol–water partition coefficient (Wildman–Crippen LogP) is 2.65. The van der Waals surface area contributed by atoms with E-state index in [1.54, 1.807) is 13.8 Å². The summed E-state index contributed by atoms with van der Waals surface area (Å²) < 4.78 is 30.2. The van der Waals surface area contributed by atoms with Gasteiger partial charge in [-0.05, 0) is 62.4 Å². The Morgan fingerprint density at radius 2 is 1.42 bits per heavy atom. The number of nitrogens with zero attached hydrogens (tertiary/aromatic N) is 5. The van der Waals surface area contributed by atoms with E-state index in [0.29, 0.717) is 22.8 Å². The van der Waals surface area contributed by atoms with Gasteiger partial charge in [0.2, 0.25) is 0 Å². The van der Waals surface area contributed by atoms with Gasteiger partial charge in [0.25, 0.3) is 11.4 Å². The molecule has 2 heterocycles. The van der Waals surface area contributed by atoms with Gasteiger partial charge in [0.05, 0.1) is 11.4 Å². The Morgan fingerprint density at radius 3 is 1.90 bits per heavy atom. The maximum atomic E-state index is 12.7. The Hall–Kier alpha value is -4.15. The van der Waals surface area contributed by atoms with E-state index in [9.17, 15) is 18.4 Å². The molecule has 0 saturated carbocycles. The SMILES string of the molecule is CC(=O)Oc1nn(-c2ccc(F)cc2)nc1C.Cc1nn(-c2ccc(F)cc2)[nH]c1=O. The molecule has 0 unspecified atom stereocenters. The Kier molecular flexibility index (Phi) is 6.34. The molecule has 2 aromatic carbocycles. The van der Waals surface area contributed by atoms with Crippen molar-refractivity contribution in [3.63, 3.8) is 0 Å². The van der Waals surface area contributed by atoms with E-state index in [2.05, 4.69) is 20.4 Å². The third kappa shape index (κ3) is 5.47. The van der Waals surface area contributed by atoms with Crippen LogP contribution >= 0.6 is 0 Å². The van der Waals surface area contributed by atoms with Crippen LogP contribution in [0.3, 0.4) is 0 Å². The molecule has 0 aliphatic carbocycles. The number of nitrogens with one attached hydrogen (secondary N) is 1. The molecule has 160 valence electrons. The topological polar surface area (TPSA) is 108 Å². The molecule has 0 bridgehead atoms. The smallest absolute Gasteiger partial charge is 0.309 e. The first kappa shape index (κ1) is 21.6. The van der Waals surface area contributed by atoms with Crippen LogP contribution < -0.4 is 10.3 Å². The molecule has 1 N–H and O–H groups in total. The van der Waals surface area contributed by atoms with E-state index >= 15 is 0 Å². The number of hydrogen-bond donors (Lipinski definition) is 1. The van der Waals surface area contributed by atoms with Crippen molar-refractivity contribution in [2.24, 2.45) is 0 Å². The Labute approximate surface area is 174 Å². The molecule has 2 aromatic heterocycles. The number of carbonyl (C=O) groups excluding carboxylic acids is 1. The number of carbonyl (C=O) groups is 1. The summed E-state index contributed by atoms with van der Waals surface area (Å²) in [5.41, 5.74) is 1.85. The molecule has 0 saturated heterocycles. The fourth-order valence-corrected chi connectivity index (χ4v) is 2.39. The molecule has 0 amide bonds. The highest BCUT2D eigenvalue weighted by atomic mass is 19.1. The van der Waals surface area contributed by atoms with Crippen LogP contribution in [-0.4, -0.2) is 36.0 Å². The first-order valence-electron chi connectivity index (χ1n) is 9.03. The highest BCUT2D eigenvalue weighted by molar-refractivity contribution is 5.68. The Balaban J connectivity index is 0.000000179. The van der Waals surface area contributed by atoms with Crippen molar-refractivity contribution in [1.29, 1.82) is 0 Å². The molecule has 0 spiro atoms. The van der Waals surface area contributed by atoms with Crippen molar-refractivity contribution in [2.45, 2.75) is 20.8 Å².